The zero-order chi connectivity index (χ0) is 20.0. The van der Waals surface area contributed by atoms with Crippen molar-refractivity contribution in [2.45, 2.75) is 46.5 Å². The molecule has 0 amide bonds. The number of pyridine rings is 1. The summed E-state index contributed by atoms with van der Waals surface area (Å²) in [6.45, 7) is 6.19. The molecule has 1 fully saturated rings. The van der Waals surface area contributed by atoms with Crippen molar-refractivity contribution in [3.8, 4) is 5.75 Å². The van der Waals surface area contributed by atoms with E-state index in [1.807, 2.05) is 45.0 Å². The van der Waals surface area contributed by atoms with Gasteiger partial charge in [-0.1, -0.05) is 18.9 Å². The maximum atomic E-state index is 12.5. The van der Waals surface area contributed by atoms with E-state index in [0.29, 0.717) is 24.5 Å². The Kier molecular flexibility index (Phi) is 6.70. The Morgan fingerprint density at radius 1 is 1.33 bits per heavy atom. The minimum Gasteiger partial charge on any atom is -0.492 e. The van der Waals surface area contributed by atoms with Crippen molar-refractivity contribution in [3.05, 3.63) is 30.0 Å². The molecule has 1 aliphatic rings. The molecule has 6 nitrogen and oxygen atoms in total. The van der Waals surface area contributed by atoms with E-state index >= 15 is 0 Å². The number of fused-ring (bicyclic) bond motifs is 1. The first-order valence-electron chi connectivity index (χ1n) is 9.09. The number of aryl methyl sites for hydroxylation is 1. The number of ketones is 1. The van der Waals surface area contributed by atoms with Gasteiger partial charge < -0.3 is 10.5 Å². The third kappa shape index (κ3) is 5.63. The Hall–Kier alpha value is -2.72. The third-order valence-electron chi connectivity index (χ3n) is 4.77. The SMILES string of the molecule is Cc1cc(N)c2c(OCC(C)(C)C(=O)CCC3CC3)cccc2n1.O=C=O. The van der Waals surface area contributed by atoms with Crippen LogP contribution in [0.4, 0.5) is 5.69 Å². The molecule has 1 saturated carbocycles. The number of Topliss-reactive ketones (excluding diaryl/α,β-unsaturated/α-hetero) is 1. The molecule has 0 atom stereocenters. The number of hydrogen-bond donors (Lipinski definition) is 1. The van der Waals surface area contributed by atoms with Gasteiger partial charge in [0.05, 0.1) is 16.3 Å². The third-order valence-corrected chi connectivity index (χ3v) is 4.77. The van der Waals surface area contributed by atoms with E-state index in [9.17, 15) is 4.79 Å². The fraction of sp³-hybridized carbons (Fsp3) is 0.476. The summed E-state index contributed by atoms with van der Waals surface area (Å²) in [6.07, 6.45) is 4.49. The highest BCUT2D eigenvalue weighted by Gasteiger charge is 2.30. The van der Waals surface area contributed by atoms with Gasteiger partial charge in [0.2, 0.25) is 0 Å². The smallest absolute Gasteiger partial charge is 0.373 e. The number of hydrogen-bond acceptors (Lipinski definition) is 6. The fourth-order valence-corrected chi connectivity index (χ4v) is 2.96. The predicted octanol–water partition coefficient (Wildman–Crippen LogP) is 3.71. The minimum absolute atomic E-state index is 0.250. The van der Waals surface area contributed by atoms with Crippen molar-refractivity contribution in [2.24, 2.45) is 11.3 Å². The number of carbonyl (C=O) groups is 1. The molecular weight excluding hydrogens is 344 g/mol. The largest absolute Gasteiger partial charge is 0.492 e. The van der Waals surface area contributed by atoms with Crippen LogP contribution in [0.5, 0.6) is 5.75 Å². The maximum Gasteiger partial charge on any atom is 0.373 e. The van der Waals surface area contributed by atoms with Crippen LogP contribution in [0, 0.1) is 18.3 Å². The molecule has 27 heavy (non-hydrogen) atoms. The van der Waals surface area contributed by atoms with Crippen LogP contribution >= 0.6 is 0 Å². The standard InChI is InChI=1S/C20H26N2O2.CO2/c1-13-11-15(21)19-16(22-13)5-4-6-17(19)24-12-20(2,3)18(23)10-9-14-7-8-14;2-1-3/h4-6,11,14H,7-10,12H2,1-3H3,(H2,21,22);. The molecule has 6 heteroatoms. The van der Waals surface area contributed by atoms with Crippen molar-refractivity contribution in [1.82, 2.24) is 4.98 Å². The van der Waals surface area contributed by atoms with Gasteiger partial charge in [-0.05, 0) is 51.3 Å². The molecule has 0 unspecified atom stereocenters. The first kappa shape index (κ1) is 20.6. The Labute approximate surface area is 159 Å². The monoisotopic (exact) mass is 370 g/mol. The van der Waals surface area contributed by atoms with Gasteiger partial charge in [0, 0.05) is 17.8 Å². The second kappa shape index (κ2) is 8.78. The number of rotatable bonds is 7. The normalized spacial score (nSPS) is 13.4. The summed E-state index contributed by atoms with van der Waals surface area (Å²) in [6, 6.07) is 7.57. The minimum atomic E-state index is -0.496. The summed E-state index contributed by atoms with van der Waals surface area (Å²) in [5.74, 6) is 1.75. The second-order valence-corrected chi connectivity index (χ2v) is 7.66. The first-order chi connectivity index (χ1) is 12.8. The predicted molar refractivity (Wildman–Crippen MR) is 102 cm³/mol. The van der Waals surface area contributed by atoms with Crippen molar-refractivity contribution >= 4 is 28.5 Å². The fourth-order valence-electron chi connectivity index (χ4n) is 2.96. The molecule has 2 N–H and O–H groups in total. The maximum absolute atomic E-state index is 12.5. The quantitative estimate of drug-likeness (QED) is 0.797. The van der Waals surface area contributed by atoms with Gasteiger partial charge in [0.25, 0.3) is 0 Å². The number of carbonyl (C=O) groups excluding carboxylic acids is 3. The van der Waals surface area contributed by atoms with Crippen LogP contribution in [-0.4, -0.2) is 23.5 Å². The number of aromatic nitrogens is 1. The Bertz CT molecular complexity index is 851. The summed E-state index contributed by atoms with van der Waals surface area (Å²) in [5.41, 5.74) is 8.02. The molecule has 0 aliphatic heterocycles. The molecule has 0 radical (unpaired) electrons. The lowest BCUT2D eigenvalue weighted by Crippen LogP contribution is -2.31. The van der Waals surface area contributed by atoms with E-state index in [0.717, 1.165) is 28.9 Å². The Morgan fingerprint density at radius 3 is 2.63 bits per heavy atom. The number of ether oxygens (including phenoxy) is 1. The van der Waals surface area contributed by atoms with Crippen LogP contribution in [0.15, 0.2) is 24.3 Å². The number of nitrogens with zero attached hydrogens (tertiary/aromatic N) is 1. The average molecular weight is 370 g/mol. The lowest BCUT2D eigenvalue weighted by Gasteiger charge is -2.24. The topological polar surface area (TPSA) is 99.3 Å². The summed E-state index contributed by atoms with van der Waals surface area (Å²) < 4.78 is 6.01. The van der Waals surface area contributed by atoms with Gasteiger partial charge in [0.1, 0.15) is 18.1 Å². The number of nitrogen functional groups attached to an aromatic ring is 1. The summed E-state index contributed by atoms with van der Waals surface area (Å²) in [4.78, 5) is 33.2. The van der Waals surface area contributed by atoms with E-state index < -0.39 is 5.41 Å². The highest BCUT2D eigenvalue weighted by molar-refractivity contribution is 5.95. The molecule has 1 aliphatic carbocycles. The van der Waals surface area contributed by atoms with E-state index in [1.54, 1.807) is 0 Å². The van der Waals surface area contributed by atoms with E-state index in [1.165, 1.54) is 12.8 Å². The lowest BCUT2D eigenvalue weighted by molar-refractivity contribution is -0.191. The highest BCUT2D eigenvalue weighted by Crippen LogP contribution is 2.35. The van der Waals surface area contributed by atoms with Crippen LogP contribution in [-0.2, 0) is 14.4 Å². The second-order valence-electron chi connectivity index (χ2n) is 7.66. The van der Waals surface area contributed by atoms with E-state index in [4.69, 9.17) is 20.1 Å². The molecule has 0 saturated heterocycles. The van der Waals surface area contributed by atoms with Gasteiger partial charge >= 0.3 is 6.15 Å². The molecule has 3 rings (SSSR count). The van der Waals surface area contributed by atoms with Gasteiger partial charge in [0.15, 0.2) is 0 Å². The van der Waals surface area contributed by atoms with Crippen molar-refractivity contribution in [3.63, 3.8) is 0 Å². The van der Waals surface area contributed by atoms with Crippen molar-refractivity contribution in [1.29, 1.82) is 0 Å². The summed E-state index contributed by atoms with van der Waals surface area (Å²) >= 11 is 0. The lowest BCUT2D eigenvalue weighted by atomic mass is 9.86. The van der Waals surface area contributed by atoms with Crippen molar-refractivity contribution in [2.75, 3.05) is 12.3 Å². The van der Waals surface area contributed by atoms with Crippen LogP contribution in [0.1, 0.15) is 45.2 Å². The first-order valence-corrected chi connectivity index (χ1v) is 9.09. The molecule has 1 aromatic carbocycles. The number of benzene rings is 1. The van der Waals surface area contributed by atoms with Crippen molar-refractivity contribution < 1.29 is 19.1 Å². The number of nitrogens with two attached hydrogens (primary N) is 1. The highest BCUT2D eigenvalue weighted by atomic mass is 16.5. The van der Waals surface area contributed by atoms with Crippen LogP contribution < -0.4 is 10.5 Å². The van der Waals surface area contributed by atoms with Gasteiger partial charge in [-0.25, -0.2) is 0 Å². The van der Waals surface area contributed by atoms with Crippen LogP contribution in [0.3, 0.4) is 0 Å². The molecule has 0 bridgehead atoms. The van der Waals surface area contributed by atoms with E-state index in [-0.39, 0.29) is 11.9 Å². The Balaban J connectivity index is 0.000000817. The summed E-state index contributed by atoms with van der Waals surface area (Å²) in [7, 11) is 0. The Morgan fingerprint density at radius 2 is 2.00 bits per heavy atom. The van der Waals surface area contributed by atoms with Crippen LogP contribution in [0.2, 0.25) is 0 Å². The molecule has 0 spiro atoms. The van der Waals surface area contributed by atoms with Gasteiger partial charge in [-0.15, -0.1) is 0 Å². The average Bonchev–Trinajstić information content (AvgIpc) is 3.42. The zero-order valence-electron chi connectivity index (χ0n) is 16.1. The van der Waals surface area contributed by atoms with Gasteiger partial charge in [-0.3, -0.25) is 9.78 Å². The summed E-state index contributed by atoms with van der Waals surface area (Å²) in [5, 5.41) is 0.823. The van der Waals surface area contributed by atoms with Gasteiger partial charge in [-0.2, -0.15) is 9.59 Å². The molecular formula is C21H26N2O4. The molecule has 1 aromatic heterocycles. The van der Waals surface area contributed by atoms with Crippen LogP contribution in [0.25, 0.3) is 10.9 Å². The molecule has 2 aromatic rings. The zero-order valence-corrected chi connectivity index (χ0v) is 16.1. The molecule has 1 heterocycles. The molecule has 144 valence electrons. The number of anilines is 1. The van der Waals surface area contributed by atoms with E-state index in [2.05, 4.69) is 4.98 Å².